The van der Waals surface area contributed by atoms with E-state index < -0.39 is 23.1 Å². The summed E-state index contributed by atoms with van der Waals surface area (Å²) >= 11 is 0. The van der Waals surface area contributed by atoms with Crippen molar-refractivity contribution in [2.24, 2.45) is 5.73 Å². The molecule has 0 aliphatic rings. The largest absolute Gasteiger partial charge is 0.480 e. The second-order valence-corrected chi connectivity index (χ2v) is 4.44. The average Bonchev–Trinajstić information content (AvgIpc) is 2.43. The van der Waals surface area contributed by atoms with Gasteiger partial charge >= 0.3 is 5.97 Å². The Morgan fingerprint density at radius 2 is 2.00 bits per heavy atom. The Bertz CT molecular complexity index is 439. The van der Waals surface area contributed by atoms with Crippen LogP contribution >= 0.6 is 0 Å². The zero-order valence-electron chi connectivity index (χ0n) is 11.1. The lowest BCUT2D eigenvalue weighted by molar-refractivity contribution is -0.537. The molecule has 0 bridgehead atoms. The van der Waals surface area contributed by atoms with Gasteiger partial charge in [-0.05, 0) is 19.4 Å². The Morgan fingerprint density at radius 1 is 1.35 bits per heavy atom. The summed E-state index contributed by atoms with van der Waals surface area (Å²) in [6.07, 6.45) is 0.388. The van der Waals surface area contributed by atoms with Crippen molar-refractivity contribution in [3.05, 3.63) is 46.0 Å². The van der Waals surface area contributed by atoms with E-state index in [1.807, 2.05) is 0 Å². The highest BCUT2D eigenvalue weighted by molar-refractivity contribution is 5.73. The topological polar surface area (TPSA) is 118 Å². The molecule has 0 aliphatic carbocycles. The van der Waals surface area contributed by atoms with Crippen LogP contribution in [-0.2, 0) is 4.79 Å². The van der Waals surface area contributed by atoms with Crippen LogP contribution in [0.1, 0.15) is 31.0 Å². The molecular weight excluding hydrogens is 262 g/mol. The van der Waals surface area contributed by atoms with Crippen molar-refractivity contribution in [3.63, 3.8) is 0 Å². The molecule has 0 fully saturated rings. The van der Waals surface area contributed by atoms with Crippen molar-refractivity contribution in [3.8, 4) is 0 Å². The fraction of sp³-hybridized carbons (Fsp3) is 0.462. The van der Waals surface area contributed by atoms with Gasteiger partial charge in [0.2, 0.25) is 0 Å². The molecule has 0 radical (unpaired) electrons. The van der Waals surface area contributed by atoms with E-state index in [9.17, 15) is 14.9 Å². The maximum Gasteiger partial charge on any atom is 0.320 e. The summed E-state index contributed by atoms with van der Waals surface area (Å²) in [5.41, 5.74) is 5.79. The SMILES string of the molecule is NCCCCC(NC(c1ccccc1)[N+](=O)[O-])C(=O)O. The van der Waals surface area contributed by atoms with Gasteiger partial charge in [-0.15, -0.1) is 0 Å². The van der Waals surface area contributed by atoms with Crippen molar-refractivity contribution < 1.29 is 14.8 Å². The molecule has 0 aliphatic heterocycles. The predicted molar refractivity (Wildman–Crippen MR) is 73.6 cm³/mol. The Morgan fingerprint density at radius 3 is 2.50 bits per heavy atom. The molecule has 1 rings (SSSR count). The van der Waals surface area contributed by atoms with Crippen molar-refractivity contribution in [1.82, 2.24) is 5.32 Å². The number of nitro groups is 1. The van der Waals surface area contributed by atoms with Gasteiger partial charge in [0.1, 0.15) is 6.04 Å². The Balaban J connectivity index is 2.76. The van der Waals surface area contributed by atoms with Crippen LogP contribution in [0.2, 0.25) is 0 Å². The minimum atomic E-state index is -1.23. The highest BCUT2D eigenvalue weighted by Gasteiger charge is 2.29. The summed E-state index contributed by atoms with van der Waals surface area (Å²) in [4.78, 5) is 21.8. The van der Waals surface area contributed by atoms with Crippen LogP contribution in [-0.4, -0.2) is 28.6 Å². The van der Waals surface area contributed by atoms with Gasteiger partial charge in [-0.3, -0.25) is 14.9 Å². The number of carboxylic acids is 1. The van der Waals surface area contributed by atoms with Gasteiger partial charge in [0.15, 0.2) is 0 Å². The second-order valence-electron chi connectivity index (χ2n) is 4.44. The van der Waals surface area contributed by atoms with E-state index in [1.54, 1.807) is 30.3 Å². The van der Waals surface area contributed by atoms with Gasteiger partial charge in [-0.25, -0.2) is 5.32 Å². The smallest absolute Gasteiger partial charge is 0.320 e. The Kier molecular flexibility index (Phi) is 6.61. The molecule has 20 heavy (non-hydrogen) atoms. The molecule has 2 atom stereocenters. The van der Waals surface area contributed by atoms with Crippen LogP contribution in [0.25, 0.3) is 0 Å². The molecular formula is C13H19N3O4. The number of rotatable bonds is 9. The zero-order chi connectivity index (χ0) is 15.0. The Labute approximate surface area is 116 Å². The minimum Gasteiger partial charge on any atom is -0.480 e. The number of unbranched alkanes of at least 4 members (excludes halogenated alkanes) is 1. The third-order valence-corrected chi connectivity index (χ3v) is 2.93. The van der Waals surface area contributed by atoms with E-state index >= 15 is 0 Å². The van der Waals surface area contributed by atoms with Gasteiger partial charge in [-0.2, -0.15) is 0 Å². The third kappa shape index (κ3) is 4.94. The summed E-state index contributed by atoms with van der Waals surface area (Å²) in [6, 6.07) is 7.34. The van der Waals surface area contributed by atoms with E-state index in [1.165, 1.54) is 0 Å². The number of hydrogen-bond acceptors (Lipinski definition) is 5. The lowest BCUT2D eigenvalue weighted by Crippen LogP contribution is -2.42. The first kappa shape index (κ1) is 16.1. The summed E-state index contributed by atoms with van der Waals surface area (Å²) in [7, 11) is 0. The first-order valence-electron chi connectivity index (χ1n) is 6.43. The molecule has 110 valence electrons. The van der Waals surface area contributed by atoms with E-state index in [4.69, 9.17) is 10.8 Å². The number of hydrogen-bond donors (Lipinski definition) is 3. The number of nitrogens with zero attached hydrogens (tertiary/aromatic N) is 1. The molecule has 0 heterocycles. The van der Waals surface area contributed by atoms with Crippen LogP contribution in [0.15, 0.2) is 30.3 Å². The predicted octanol–water partition coefficient (Wildman–Crippen LogP) is 1.13. The zero-order valence-corrected chi connectivity index (χ0v) is 11.1. The number of carboxylic acid groups (broad SMARTS) is 1. The molecule has 0 saturated heterocycles. The summed E-state index contributed by atoms with van der Waals surface area (Å²) in [5, 5.41) is 22.8. The normalized spacial score (nSPS) is 13.7. The van der Waals surface area contributed by atoms with Crippen molar-refractivity contribution in [2.75, 3.05) is 6.54 Å². The molecule has 2 unspecified atom stereocenters. The molecule has 0 spiro atoms. The van der Waals surface area contributed by atoms with Gasteiger partial charge in [0, 0.05) is 10.5 Å². The Hall–Kier alpha value is -1.99. The van der Waals surface area contributed by atoms with Crippen molar-refractivity contribution >= 4 is 5.97 Å². The summed E-state index contributed by atoms with van der Waals surface area (Å²) < 4.78 is 0. The first-order valence-corrected chi connectivity index (χ1v) is 6.43. The van der Waals surface area contributed by atoms with Crippen LogP contribution in [0, 0.1) is 10.1 Å². The lowest BCUT2D eigenvalue weighted by atomic mass is 10.1. The third-order valence-electron chi connectivity index (χ3n) is 2.93. The van der Waals surface area contributed by atoms with Crippen molar-refractivity contribution in [2.45, 2.75) is 31.5 Å². The molecule has 1 aromatic carbocycles. The van der Waals surface area contributed by atoms with Gasteiger partial charge in [-0.1, -0.05) is 36.8 Å². The minimum absolute atomic E-state index is 0.309. The highest BCUT2D eigenvalue weighted by atomic mass is 16.6. The van der Waals surface area contributed by atoms with Crippen LogP contribution in [0.5, 0.6) is 0 Å². The van der Waals surface area contributed by atoms with E-state index in [0.717, 1.165) is 0 Å². The molecule has 7 heteroatoms. The number of aliphatic carboxylic acids is 1. The molecule has 4 N–H and O–H groups in total. The second kappa shape index (κ2) is 8.23. The maximum absolute atomic E-state index is 11.2. The van der Waals surface area contributed by atoms with E-state index in [2.05, 4.69) is 5.32 Å². The quantitative estimate of drug-likeness (QED) is 0.270. The summed E-state index contributed by atoms with van der Waals surface area (Å²) in [5.74, 6) is -1.09. The molecule has 1 aromatic rings. The highest BCUT2D eigenvalue weighted by Crippen LogP contribution is 2.15. The molecule has 0 saturated carbocycles. The van der Waals surface area contributed by atoms with Gasteiger partial charge in [0.05, 0.1) is 0 Å². The fourth-order valence-corrected chi connectivity index (χ4v) is 1.88. The number of benzene rings is 1. The lowest BCUT2D eigenvalue weighted by Gasteiger charge is -2.17. The van der Waals surface area contributed by atoms with Crippen molar-refractivity contribution in [1.29, 1.82) is 0 Å². The van der Waals surface area contributed by atoms with Crippen LogP contribution < -0.4 is 11.1 Å². The van der Waals surface area contributed by atoms with Gasteiger partial charge in [0.25, 0.3) is 6.17 Å². The van der Waals surface area contributed by atoms with Crippen LogP contribution in [0.4, 0.5) is 0 Å². The molecule has 0 amide bonds. The number of nitrogens with two attached hydrogens (primary N) is 1. The van der Waals surface area contributed by atoms with Crippen LogP contribution in [0.3, 0.4) is 0 Å². The fourth-order valence-electron chi connectivity index (χ4n) is 1.88. The standard InChI is InChI=1S/C13H19N3O4/c14-9-5-4-8-11(13(17)18)15-12(16(19)20)10-6-2-1-3-7-10/h1-3,6-7,11-12,15H,4-5,8-9,14H2,(H,17,18). The average molecular weight is 281 g/mol. The summed E-state index contributed by atoms with van der Waals surface area (Å²) in [6.45, 7) is 0.476. The number of carbonyl (C=O) groups is 1. The maximum atomic E-state index is 11.2. The molecule has 7 nitrogen and oxygen atoms in total. The number of nitrogens with one attached hydrogen (secondary N) is 1. The first-order chi connectivity index (χ1) is 9.56. The molecule has 0 aromatic heterocycles. The van der Waals surface area contributed by atoms with Gasteiger partial charge < -0.3 is 10.8 Å². The monoisotopic (exact) mass is 281 g/mol. The van der Waals surface area contributed by atoms with E-state index in [-0.39, 0.29) is 0 Å². The van der Waals surface area contributed by atoms with E-state index in [0.29, 0.717) is 31.4 Å².